The minimum atomic E-state index is -0.227. The monoisotopic (exact) mass is 384 g/mol. The molecule has 2 aliphatic heterocycles. The van der Waals surface area contributed by atoms with Crippen molar-refractivity contribution in [2.75, 3.05) is 46.8 Å². The second-order valence-electron chi connectivity index (χ2n) is 9.13. The van der Waals surface area contributed by atoms with Crippen LogP contribution in [0.2, 0.25) is 0 Å². The van der Waals surface area contributed by atoms with Gasteiger partial charge in [0, 0.05) is 52.7 Å². The van der Waals surface area contributed by atoms with E-state index in [4.69, 9.17) is 0 Å². The van der Waals surface area contributed by atoms with Crippen LogP contribution >= 0.6 is 0 Å². The van der Waals surface area contributed by atoms with Crippen LogP contribution in [0, 0.1) is 16.7 Å². The third-order valence-electron chi connectivity index (χ3n) is 7.66. The van der Waals surface area contributed by atoms with Gasteiger partial charge in [0.25, 0.3) is 5.91 Å². The van der Waals surface area contributed by atoms with Gasteiger partial charge in [-0.05, 0) is 55.7 Å². The Morgan fingerprint density at radius 3 is 2.57 bits per heavy atom. The van der Waals surface area contributed by atoms with Crippen LogP contribution < -0.4 is 0 Å². The number of amides is 2. The van der Waals surface area contributed by atoms with E-state index in [9.17, 15) is 9.59 Å². The van der Waals surface area contributed by atoms with E-state index in [1.54, 1.807) is 17.3 Å². The second kappa shape index (κ2) is 7.14. The van der Waals surface area contributed by atoms with Gasteiger partial charge < -0.3 is 14.7 Å². The Morgan fingerprint density at radius 1 is 1.21 bits per heavy atom. The molecule has 2 atom stereocenters. The number of pyridine rings is 1. The number of piperidine rings is 1. The molecule has 0 unspecified atom stereocenters. The van der Waals surface area contributed by atoms with Gasteiger partial charge in [-0.2, -0.15) is 0 Å². The highest BCUT2D eigenvalue weighted by Crippen LogP contribution is 2.62. The summed E-state index contributed by atoms with van der Waals surface area (Å²) in [5, 5.41) is 0. The van der Waals surface area contributed by atoms with Crippen molar-refractivity contribution < 1.29 is 9.59 Å². The molecular formula is C22H32N4O2. The molecule has 2 saturated heterocycles. The maximum absolute atomic E-state index is 13.2. The van der Waals surface area contributed by atoms with Crippen LogP contribution in [0.15, 0.2) is 24.5 Å². The van der Waals surface area contributed by atoms with Crippen molar-refractivity contribution in [2.24, 2.45) is 16.7 Å². The Labute approximate surface area is 167 Å². The van der Waals surface area contributed by atoms with Crippen LogP contribution in [-0.2, 0) is 4.79 Å². The fourth-order valence-corrected chi connectivity index (χ4v) is 6.12. The molecule has 0 aromatic carbocycles. The molecule has 4 rings (SSSR count). The minimum absolute atomic E-state index is 0.0817. The Bertz CT molecular complexity index is 742. The first kappa shape index (κ1) is 19.4. The van der Waals surface area contributed by atoms with Crippen LogP contribution in [-0.4, -0.2) is 78.3 Å². The van der Waals surface area contributed by atoms with E-state index in [-0.39, 0.29) is 16.7 Å². The summed E-state index contributed by atoms with van der Waals surface area (Å²) in [5.74, 6) is 0.794. The molecule has 1 saturated carbocycles. The lowest BCUT2D eigenvalue weighted by Gasteiger charge is -2.44. The van der Waals surface area contributed by atoms with E-state index in [0.717, 1.165) is 58.4 Å². The SMILES string of the molecule is CCN1C[C@H]2C3(CCN(C(=O)c4cccnc4)CC3)CC[C@@]2(C(=O)N(C)C)C1. The molecule has 3 heterocycles. The molecule has 0 N–H and O–H groups in total. The van der Waals surface area contributed by atoms with Gasteiger partial charge in [0.15, 0.2) is 0 Å². The number of rotatable bonds is 3. The van der Waals surface area contributed by atoms with Gasteiger partial charge in [-0.15, -0.1) is 0 Å². The number of fused-ring (bicyclic) bond motifs is 2. The van der Waals surface area contributed by atoms with E-state index < -0.39 is 0 Å². The molecule has 1 spiro atoms. The van der Waals surface area contributed by atoms with Crippen molar-refractivity contribution in [2.45, 2.75) is 32.6 Å². The summed E-state index contributed by atoms with van der Waals surface area (Å²) in [5.41, 5.74) is 0.635. The number of hydrogen-bond donors (Lipinski definition) is 0. The number of carbonyl (C=O) groups is 2. The van der Waals surface area contributed by atoms with E-state index in [0.29, 0.717) is 17.4 Å². The Balaban J connectivity index is 1.52. The summed E-state index contributed by atoms with van der Waals surface area (Å²) >= 11 is 0. The molecule has 3 fully saturated rings. The molecule has 2 amide bonds. The predicted octanol–water partition coefficient (Wildman–Crippen LogP) is 2.12. The van der Waals surface area contributed by atoms with Gasteiger partial charge in [-0.3, -0.25) is 14.6 Å². The molecule has 1 aliphatic carbocycles. The Hall–Kier alpha value is -1.95. The summed E-state index contributed by atoms with van der Waals surface area (Å²) in [6.45, 7) is 6.67. The summed E-state index contributed by atoms with van der Waals surface area (Å²) < 4.78 is 0. The van der Waals surface area contributed by atoms with E-state index in [2.05, 4.69) is 16.8 Å². The predicted molar refractivity (Wildman–Crippen MR) is 108 cm³/mol. The fourth-order valence-electron chi connectivity index (χ4n) is 6.12. The standard InChI is InChI=1S/C22H32N4O2/c1-4-25-15-18-21(7-8-22(18,16-25)20(28)24(2)3)9-12-26(13-10-21)19(27)17-6-5-11-23-14-17/h5-6,11,14,18H,4,7-10,12-13,15-16H2,1-3H3/t18-,22+/m0/s1. The third kappa shape index (κ3) is 2.93. The number of nitrogens with zero attached hydrogens (tertiary/aromatic N) is 4. The number of carbonyl (C=O) groups excluding carboxylic acids is 2. The average molecular weight is 385 g/mol. The van der Waals surface area contributed by atoms with Gasteiger partial charge in [-0.1, -0.05) is 6.92 Å². The largest absolute Gasteiger partial charge is 0.348 e. The molecule has 0 radical (unpaired) electrons. The van der Waals surface area contributed by atoms with Gasteiger partial charge in [0.2, 0.25) is 5.91 Å². The first-order chi connectivity index (χ1) is 13.4. The normalized spacial score (nSPS) is 29.1. The highest BCUT2D eigenvalue weighted by atomic mass is 16.2. The van der Waals surface area contributed by atoms with Gasteiger partial charge >= 0.3 is 0 Å². The summed E-state index contributed by atoms with van der Waals surface area (Å²) in [7, 11) is 3.78. The number of likely N-dealkylation sites (tertiary alicyclic amines) is 2. The lowest BCUT2D eigenvalue weighted by atomic mass is 9.65. The van der Waals surface area contributed by atoms with Crippen LogP contribution in [0.3, 0.4) is 0 Å². The molecule has 3 aliphatic rings. The first-order valence-corrected chi connectivity index (χ1v) is 10.6. The maximum atomic E-state index is 13.2. The maximum Gasteiger partial charge on any atom is 0.255 e. The van der Waals surface area contributed by atoms with Crippen molar-refractivity contribution in [3.63, 3.8) is 0 Å². The molecule has 1 aromatic heterocycles. The fraction of sp³-hybridized carbons (Fsp3) is 0.682. The highest BCUT2D eigenvalue weighted by molar-refractivity contribution is 5.94. The van der Waals surface area contributed by atoms with Crippen molar-refractivity contribution >= 4 is 11.8 Å². The topological polar surface area (TPSA) is 56.8 Å². The van der Waals surface area contributed by atoms with Crippen LogP contribution in [0.25, 0.3) is 0 Å². The van der Waals surface area contributed by atoms with Gasteiger partial charge in [-0.25, -0.2) is 0 Å². The van der Waals surface area contributed by atoms with Gasteiger partial charge in [0.1, 0.15) is 0 Å². The Kier molecular flexibility index (Phi) is 4.94. The smallest absolute Gasteiger partial charge is 0.255 e. The minimum Gasteiger partial charge on any atom is -0.348 e. The highest BCUT2D eigenvalue weighted by Gasteiger charge is 2.64. The molecular weight excluding hydrogens is 352 g/mol. The van der Waals surface area contributed by atoms with Crippen molar-refractivity contribution in [3.8, 4) is 0 Å². The number of aromatic nitrogens is 1. The first-order valence-electron chi connectivity index (χ1n) is 10.6. The van der Waals surface area contributed by atoms with Crippen LogP contribution in [0.1, 0.15) is 43.0 Å². The number of hydrogen-bond acceptors (Lipinski definition) is 4. The van der Waals surface area contributed by atoms with Crippen molar-refractivity contribution in [1.29, 1.82) is 0 Å². The van der Waals surface area contributed by atoms with Crippen molar-refractivity contribution in [3.05, 3.63) is 30.1 Å². The lowest BCUT2D eigenvalue weighted by Crippen LogP contribution is -2.49. The van der Waals surface area contributed by atoms with E-state index in [1.807, 2.05) is 31.1 Å². The van der Waals surface area contributed by atoms with E-state index in [1.165, 1.54) is 0 Å². The molecule has 28 heavy (non-hydrogen) atoms. The third-order valence-corrected chi connectivity index (χ3v) is 7.66. The quantitative estimate of drug-likeness (QED) is 0.801. The molecule has 152 valence electrons. The van der Waals surface area contributed by atoms with Crippen LogP contribution in [0.4, 0.5) is 0 Å². The van der Waals surface area contributed by atoms with Crippen LogP contribution in [0.5, 0.6) is 0 Å². The molecule has 0 bridgehead atoms. The van der Waals surface area contributed by atoms with E-state index >= 15 is 0 Å². The van der Waals surface area contributed by atoms with Gasteiger partial charge in [0.05, 0.1) is 11.0 Å². The zero-order valence-electron chi connectivity index (χ0n) is 17.4. The van der Waals surface area contributed by atoms with Crippen molar-refractivity contribution in [1.82, 2.24) is 19.7 Å². The molecule has 6 heteroatoms. The zero-order valence-corrected chi connectivity index (χ0v) is 17.4. The lowest BCUT2D eigenvalue weighted by molar-refractivity contribution is -0.141. The summed E-state index contributed by atoms with van der Waals surface area (Å²) in [6, 6.07) is 3.65. The molecule has 6 nitrogen and oxygen atoms in total. The zero-order chi connectivity index (χ0) is 19.9. The Morgan fingerprint density at radius 2 is 1.96 bits per heavy atom. The average Bonchev–Trinajstić information content (AvgIpc) is 3.25. The second-order valence-corrected chi connectivity index (χ2v) is 9.13. The molecule has 1 aromatic rings. The summed E-state index contributed by atoms with van der Waals surface area (Å²) in [4.78, 5) is 36.3. The summed E-state index contributed by atoms with van der Waals surface area (Å²) in [6.07, 6.45) is 7.46.